The van der Waals surface area contributed by atoms with E-state index >= 15 is 0 Å². The average molecular weight is 542 g/mol. The summed E-state index contributed by atoms with van der Waals surface area (Å²) in [6.07, 6.45) is 5.58. The van der Waals surface area contributed by atoms with Gasteiger partial charge in [0.05, 0.1) is 34.0 Å². The molecule has 0 amide bonds. The Morgan fingerprint density at radius 2 is 1.19 bits per heavy atom. The van der Waals surface area contributed by atoms with Crippen LogP contribution in [0.2, 0.25) is 0 Å². The van der Waals surface area contributed by atoms with Crippen LogP contribution in [-0.2, 0) is 0 Å². The van der Waals surface area contributed by atoms with Crippen LogP contribution < -0.4 is 0 Å². The first-order valence-electron chi connectivity index (χ1n) is 13.9. The van der Waals surface area contributed by atoms with Gasteiger partial charge in [-0.05, 0) is 54.6 Å². The predicted molar refractivity (Wildman–Crippen MR) is 168 cm³/mol. The van der Waals surface area contributed by atoms with E-state index in [9.17, 15) is 0 Å². The van der Waals surface area contributed by atoms with Gasteiger partial charge in [-0.3, -0.25) is 4.57 Å². The van der Waals surface area contributed by atoms with E-state index in [1.807, 2.05) is 29.2 Å². The number of rotatable bonds is 4. The molecule has 0 N–H and O–H groups in total. The second kappa shape index (κ2) is 8.81. The zero-order valence-corrected chi connectivity index (χ0v) is 22.4. The van der Waals surface area contributed by atoms with E-state index in [-0.39, 0.29) is 0 Å². The van der Waals surface area contributed by atoms with Gasteiger partial charge in [0.25, 0.3) is 0 Å². The Morgan fingerprint density at radius 3 is 1.88 bits per heavy atom. The van der Waals surface area contributed by atoms with E-state index in [2.05, 4.69) is 123 Å². The standard InChI is InChI=1S/C36H23N5O/c1-4-14-31-29(13-1)30-18-17-25(39-20-8-19-38-39)22-34(30)40(31)26-10-7-9-24(21-26)36-37-23-35(42-36)41-32-15-5-2-11-27(32)28-12-3-6-16-33(28)41/h1-23H. The van der Waals surface area contributed by atoms with Crippen molar-refractivity contribution in [3.05, 3.63) is 140 Å². The lowest BCUT2D eigenvalue weighted by atomic mass is 10.1. The van der Waals surface area contributed by atoms with E-state index < -0.39 is 0 Å². The van der Waals surface area contributed by atoms with Gasteiger partial charge in [0.1, 0.15) is 0 Å². The number of para-hydroxylation sites is 3. The van der Waals surface area contributed by atoms with Crippen LogP contribution in [0.3, 0.4) is 0 Å². The molecule has 198 valence electrons. The molecule has 0 atom stereocenters. The molecule has 42 heavy (non-hydrogen) atoms. The summed E-state index contributed by atoms with van der Waals surface area (Å²) in [7, 11) is 0. The molecule has 0 spiro atoms. The average Bonchev–Trinajstić information content (AvgIpc) is 3.85. The largest absolute Gasteiger partial charge is 0.420 e. The minimum atomic E-state index is 0.576. The molecule has 9 rings (SSSR count). The molecule has 0 saturated carbocycles. The number of benzene rings is 5. The van der Waals surface area contributed by atoms with E-state index in [4.69, 9.17) is 9.40 Å². The minimum absolute atomic E-state index is 0.576. The molecule has 0 fully saturated rings. The Bertz CT molecular complexity index is 2370. The SMILES string of the molecule is c1cc(-c2ncc(-n3c4ccccc4c4ccccc43)o2)cc(-n2c3ccccc3c3ccc(-n4cccn4)cc32)c1. The first-order chi connectivity index (χ1) is 20.8. The second-order valence-corrected chi connectivity index (χ2v) is 10.4. The monoisotopic (exact) mass is 541 g/mol. The van der Waals surface area contributed by atoms with Gasteiger partial charge in [0.15, 0.2) is 0 Å². The maximum atomic E-state index is 6.48. The summed E-state index contributed by atoms with van der Waals surface area (Å²) in [5.41, 5.74) is 7.39. The smallest absolute Gasteiger partial charge is 0.228 e. The molecule has 0 radical (unpaired) electrons. The third-order valence-corrected chi connectivity index (χ3v) is 8.07. The summed E-state index contributed by atoms with van der Waals surface area (Å²) >= 11 is 0. The van der Waals surface area contributed by atoms with E-state index in [1.54, 1.807) is 6.20 Å². The number of nitrogens with zero attached hydrogens (tertiary/aromatic N) is 5. The molecular weight excluding hydrogens is 518 g/mol. The molecule has 4 heterocycles. The van der Waals surface area contributed by atoms with Crippen molar-refractivity contribution in [2.24, 2.45) is 0 Å². The highest BCUT2D eigenvalue weighted by Crippen LogP contribution is 2.36. The molecule has 4 aromatic heterocycles. The van der Waals surface area contributed by atoms with E-state index in [0.717, 1.165) is 39.0 Å². The van der Waals surface area contributed by atoms with Crippen molar-refractivity contribution in [1.29, 1.82) is 0 Å². The van der Waals surface area contributed by atoms with E-state index in [0.29, 0.717) is 11.8 Å². The van der Waals surface area contributed by atoms with Crippen molar-refractivity contribution < 1.29 is 4.42 Å². The summed E-state index contributed by atoms with van der Waals surface area (Å²) < 4.78 is 12.8. The van der Waals surface area contributed by atoms with Gasteiger partial charge in [-0.15, -0.1) is 0 Å². The Labute approximate surface area is 240 Å². The van der Waals surface area contributed by atoms with Gasteiger partial charge in [0.2, 0.25) is 11.8 Å². The van der Waals surface area contributed by atoms with Crippen molar-refractivity contribution in [1.82, 2.24) is 23.9 Å². The molecule has 9 aromatic rings. The highest BCUT2D eigenvalue weighted by Gasteiger charge is 2.17. The van der Waals surface area contributed by atoms with Crippen LogP contribution in [0.25, 0.3) is 72.3 Å². The lowest BCUT2D eigenvalue weighted by Gasteiger charge is -2.10. The van der Waals surface area contributed by atoms with Crippen LogP contribution in [0.1, 0.15) is 0 Å². The topological polar surface area (TPSA) is 53.7 Å². The zero-order valence-electron chi connectivity index (χ0n) is 22.4. The van der Waals surface area contributed by atoms with Gasteiger partial charge in [-0.1, -0.05) is 66.7 Å². The van der Waals surface area contributed by atoms with Crippen molar-refractivity contribution in [3.63, 3.8) is 0 Å². The second-order valence-electron chi connectivity index (χ2n) is 10.4. The first kappa shape index (κ1) is 22.9. The quantitative estimate of drug-likeness (QED) is 0.224. The maximum absolute atomic E-state index is 6.48. The summed E-state index contributed by atoms with van der Waals surface area (Å²) in [6.45, 7) is 0. The lowest BCUT2D eigenvalue weighted by molar-refractivity contribution is 0.554. The molecule has 0 saturated heterocycles. The van der Waals surface area contributed by atoms with Gasteiger partial charge in [-0.2, -0.15) is 5.10 Å². The molecule has 0 aliphatic carbocycles. The Morgan fingerprint density at radius 1 is 0.524 bits per heavy atom. The van der Waals surface area contributed by atoms with E-state index in [1.165, 1.54) is 21.5 Å². The van der Waals surface area contributed by atoms with Crippen LogP contribution in [0.15, 0.2) is 144 Å². The van der Waals surface area contributed by atoms with Crippen molar-refractivity contribution >= 4 is 43.6 Å². The number of oxazole rings is 1. The molecular formula is C36H23N5O. The van der Waals surface area contributed by atoms with Gasteiger partial charge in [-0.25, -0.2) is 9.67 Å². The Kier molecular flexibility index (Phi) is 4.80. The molecule has 6 nitrogen and oxygen atoms in total. The molecule has 0 aliphatic heterocycles. The van der Waals surface area contributed by atoms with Crippen LogP contribution in [-0.4, -0.2) is 23.9 Å². The minimum Gasteiger partial charge on any atom is -0.420 e. The van der Waals surface area contributed by atoms with Gasteiger partial charge >= 0.3 is 0 Å². The van der Waals surface area contributed by atoms with Crippen LogP contribution in [0.5, 0.6) is 0 Å². The lowest BCUT2D eigenvalue weighted by Crippen LogP contribution is -1.97. The number of fused-ring (bicyclic) bond motifs is 6. The van der Waals surface area contributed by atoms with Crippen molar-refractivity contribution in [3.8, 4) is 28.7 Å². The Balaban J connectivity index is 1.21. The van der Waals surface area contributed by atoms with Crippen molar-refractivity contribution in [2.75, 3.05) is 0 Å². The number of aromatic nitrogens is 5. The molecule has 5 aromatic carbocycles. The molecule has 6 heteroatoms. The molecule has 0 unspecified atom stereocenters. The van der Waals surface area contributed by atoms with Gasteiger partial charge < -0.3 is 8.98 Å². The highest BCUT2D eigenvalue weighted by molar-refractivity contribution is 6.10. The summed E-state index contributed by atoms with van der Waals surface area (Å²) in [6, 6.07) is 42.2. The fourth-order valence-corrected chi connectivity index (χ4v) is 6.24. The normalized spacial score (nSPS) is 11.8. The summed E-state index contributed by atoms with van der Waals surface area (Å²) in [5, 5.41) is 9.22. The maximum Gasteiger partial charge on any atom is 0.228 e. The van der Waals surface area contributed by atoms with Gasteiger partial charge in [0, 0.05) is 45.2 Å². The summed E-state index contributed by atoms with van der Waals surface area (Å²) in [4.78, 5) is 4.74. The molecule has 0 aliphatic rings. The Hall–Kier alpha value is -5.88. The fourth-order valence-electron chi connectivity index (χ4n) is 6.24. The first-order valence-corrected chi connectivity index (χ1v) is 13.9. The predicted octanol–water partition coefficient (Wildman–Crippen LogP) is 8.72. The highest BCUT2D eigenvalue weighted by atomic mass is 16.4. The van der Waals surface area contributed by atoms with Crippen LogP contribution in [0, 0.1) is 0 Å². The molecule has 0 bridgehead atoms. The van der Waals surface area contributed by atoms with Crippen LogP contribution >= 0.6 is 0 Å². The summed E-state index contributed by atoms with van der Waals surface area (Å²) in [5.74, 6) is 1.26. The zero-order chi connectivity index (χ0) is 27.6. The van der Waals surface area contributed by atoms with Crippen LogP contribution in [0.4, 0.5) is 0 Å². The number of hydrogen-bond donors (Lipinski definition) is 0. The van der Waals surface area contributed by atoms with Crippen molar-refractivity contribution in [2.45, 2.75) is 0 Å². The fraction of sp³-hybridized carbons (Fsp3) is 0. The third-order valence-electron chi connectivity index (χ3n) is 8.07. The number of hydrogen-bond acceptors (Lipinski definition) is 3. The third kappa shape index (κ3) is 3.32.